The van der Waals surface area contributed by atoms with Crippen molar-refractivity contribution >= 4 is 16.9 Å². The Morgan fingerprint density at radius 3 is 2.80 bits per heavy atom. The number of anilines is 1. The van der Waals surface area contributed by atoms with Gasteiger partial charge in [-0.3, -0.25) is 5.10 Å². The van der Waals surface area contributed by atoms with Crippen LogP contribution < -0.4 is 10.2 Å². The Labute approximate surface area is 174 Å². The van der Waals surface area contributed by atoms with Crippen molar-refractivity contribution in [2.75, 3.05) is 18.0 Å². The Bertz CT molecular complexity index is 1140. The summed E-state index contributed by atoms with van der Waals surface area (Å²) in [6.07, 6.45) is 8.33. The zero-order valence-corrected chi connectivity index (χ0v) is 17.4. The lowest BCUT2D eigenvalue weighted by Crippen LogP contribution is -2.45. The van der Waals surface area contributed by atoms with Crippen molar-refractivity contribution in [3.8, 4) is 16.9 Å². The molecule has 4 heterocycles. The van der Waals surface area contributed by atoms with Gasteiger partial charge >= 0.3 is 0 Å². The highest BCUT2D eigenvalue weighted by Crippen LogP contribution is 2.30. The number of aromatic amines is 1. The molecule has 5 rings (SSSR count). The molecule has 1 aliphatic heterocycles. The van der Waals surface area contributed by atoms with Gasteiger partial charge in [-0.2, -0.15) is 10.2 Å². The Morgan fingerprint density at radius 1 is 1.17 bits per heavy atom. The van der Waals surface area contributed by atoms with E-state index in [1.54, 1.807) is 18.6 Å². The first kappa shape index (κ1) is 18.7. The van der Waals surface area contributed by atoms with E-state index in [0.29, 0.717) is 12.0 Å². The predicted molar refractivity (Wildman–Crippen MR) is 116 cm³/mol. The molecule has 4 aromatic rings. The quantitative estimate of drug-likeness (QED) is 0.540. The van der Waals surface area contributed by atoms with E-state index in [0.717, 1.165) is 47.4 Å². The van der Waals surface area contributed by atoms with Gasteiger partial charge in [0.2, 0.25) is 5.95 Å². The third kappa shape index (κ3) is 3.52. The van der Waals surface area contributed by atoms with Crippen LogP contribution in [0, 0.1) is 0 Å². The standard InChI is InChI=1S/C21H25N9/c1-21(2,3)25-14-7-10-29(13-14)20-22-12-17(26-28-20)15-5-6-18(30-9-4-8-24-30)19-16(15)11-23-27-19/h4-6,8-9,11-12,14,25H,7,10,13H2,1-3H3,(H,23,27)/t14-/m1/s1. The molecule has 9 heteroatoms. The van der Waals surface area contributed by atoms with Crippen molar-refractivity contribution in [2.24, 2.45) is 0 Å². The summed E-state index contributed by atoms with van der Waals surface area (Å²) >= 11 is 0. The summed E-state index contributed by atoms with van der Waals surface area (Å²) in [5.74, 6) is 0.675. The highest BCUT2D eigenvalue weighted by Gasteiger charge is 2.27. The van der Waals surface area contributed by atoms with E-state index >= 15 is 0 Å². The third-order valence-electron chi connectivity index (χ3n) is 5.28. The minimum atomic E-state index is 0.0991. The van der Waals surface area contributed by atoms with Gasteiger partial charge in [0.25, 0.3) is 0 Å². The fourth-order valence-corrected chi connectivity index (χ4v) is 4.06. The summed E-state index contributed by atoms with van der Waals surface area (Å²) in [5.41, 5.74) is 3.60. The second kappa shape index (κ2) is 7.17. The molecule has 1 fully saturated rings. The number of hydrogen-bond donors (Lipinski definition) is 2. The van der Waals surface area contributed by atoms with E-state index in [9.17, 15) is 0 Å². The van der Waals surface area contributed by atoms with Gasteiger partial charge in [-0.1, -0.05) is 0 Å². The van der Waals surface area contributed by atoms with Gasteiger partial charge in [-0.25, -0.2) is 9.67 Å². The van der Waals surface area contributed by atoms with Crippen LogP contribution in [0.4, 0.5) is 5.95 Å². The number of H-pyrrole nitrogens is 1. The van der Waals surface area contributed by atoms with Crippen LogP contribution in [0.2, 0.25) is 0 Å². The van der Waals surface area contributed by atoms with Crippen LogP contribution in [0.3, 0.4) is 0 Å². The molecule has 154 valence electrons. The lowest BCUT2D eigenvalue weighted by Gasteiger charge is -2.25. The van der Waals surface area contributed by atoms with Gasteiger partial charge in [-0.05, 0) is 45.4 Å². The lowest BCUT2D eigenvalue weighted by molar-refractivity contribution is 0.373. The molecule has 0 spiro atoms. The molecule has 2 N–H and O–H groups in total. The second-order valence-electron chi connectivity index (χ2n) is 8.71. The first-order valence-electron chi connectivity index (χ1n) is 10.2. The highest BCUT2D eigenvalue weighted by molar-refractivity contribution is 5.97. The molecule has 1 aromatic carbocycles. The van der Waals surface area contributed by atoms with Gasteiger partial charge in [0.1, 0.15) is 5.69 Å². The maximum absolute atomic E-state index is 4.61. The summed E-state index contributed by atoms with van der Waals surface area (Å²) in [5, 5.41) is 25.1. The van der Waals surface area contributed by atoms with Crippen molar-refractivity contribution in [1.29, 1.82) is 0 Å². The maximum atomic E-state index is 4.61. The van der Waals surface area contributed by atoms with Crippen molar-refractivity contribution in [1.82, 2.24) is 40.5 Å². The Hall–Kier alpha value is -3.33. The fraction of sp³-hybridized carbons (Fsp3) is 0.381. The van der Waals surface area contributed by atoms with Crippen molar-refractivity contribution in [3.05, 3.63) is 43.0 Å². The van der Waals surface area contributed by atoms with Gasteiger partial charge in [-0.15, -0.1) is 10.2 Å². The molecule has 1 saturated heterocycles. The SMILES string of the molecule is CC(C)(C)N[C@@H]1CCN(c2ncc(-c3ccc(-n4cccn4)c4[nH]ncc34)nn2)C1. The van der Waals surface area contributed by atoms with Gasteiger partial charge in [0.05, 0.1) is 23.6 Å². The predicted octanol–water partition coefficient (Wildman–Crippen LogP) is 2.57. The molecule has 0 aliphatic carbocycles. The Balaban J connectivity index is 1.40. The molecule has 3 aromatic heterocycles. The van der Waals surface area contributed by atoms with E-state index in [2.05, 4.69) is 61.5 Å². The largest absolute Gasteiger partial charge is 0.338 e. The summed E-state index contributed by atoms with van der Waals surface area (Å²) in [6, 6.07) is 6.35. The Kier molecular flexibility index (Phi) is 4.47. The zero-order valence-electron chi connectivity index (χ0n) is 17.4. The van der Waals surface area contributed by atoms with Crippen LogP contribution in [0.1, 0.15) is 27.2 Å². The van der Waals surface area contributed by atoms with Crippen molar-refractivity contribution < 1.29 is 0 Å². The highest BCUT2D eigenvalue weighted by atomic mass is 15.3. The number of nitrogens with one attached hydrogen (secondary N) is 2. The monoisotopic (exact) mass is 403 g/mol. The van der Waals surface area contributed by atoms with Gasteiger partial charge in [0, 0.05) is 48.0 Å². The van der Waals surface area contributed by atoms with E-state index in [1.807, 2.05) is 29.1 Å². The van der Waals surface area contributed by atoms with E-state index in [4.69, 9.17) is 0 Å². The lowest BCUT2D eigenvalue weighted by atomic mass is 10.1. The van der Waals surface area contributed by atoms with Gasteiger partial charge in [0.15, 0.2) is 0 Å². The van der Waals surface area contributed by atoms with Crippen LogP contribution in [-0.2, 0) is 0 Å². The summed E-state index contributed by atoms with van der Waals surface area (Å²) in [6.45, 7) is 8.40. The summed E-state index contributed by atoms with van der Waals surface area (Å²) in [4.78, 5) is 6.80. The minimum Gasteiger partial charge on any atom is -0.338 e. The topological polar surface area (TPSA) is 100 Å². The molecule has 0 bridgehead atoms. The minimum absolute atomic E-state index is 0.0991. The van der Waals surface area contributed by atoms with Gasteiger partial charge < -0.3 is 10.2 Å². The number of benzene rings is 1. The number of aromatic nitrogens is 7. The molecule has 9 nitrogen and oxygen atoms in total. The Morgan fingerprint density at radius 2 is 2.07 bits per heavy atom. The molecular weight excluding hydrogens is 378 g/mol. The average molecular weight is 403 g/mol. The maximum Gasteiger partial charge on any atom is 0.245 e. The molecule has 1 atom stereocenters. The van der Waals surface area contributed by atoms with E-state index < -0.39 is 0 Å². The normalized spacial score (nSPS) is 17.2. The van der Waals surface area contributed by atoms with Crippen molar-refractivity contribution in [2.45, 2.75) is 38.8 Å². The fourth-order valence-electron chi connectivity index (χ4n) is 4.06. The molecule has 30 heavy (non-hydrogen) atoms. The third-order valence-corrected chi connectivity index (χ3v) is 5.28. The molecule has 0 unspecified atom stereocenters. The average Bonchev–Trinajstić information content (AvgIpc) is 3.47. The molecule has 0 saturated carbocycles. The molecule has 0 radical (unpaired) electrons. The van der Waals surface area contributed by atoms with Crippen LogP contribution in [0.25, 0.3) is 27.8 Å². The number of nitrogens with zero attached hydrogens (tertiary/aromatic N) is 7. The first-order valence-corrected chi connectivity index (χ1v) is 10.2. The zero-order chi connectivity index (χ0) is 20.7. The number of fused-ring (bicyclic) bond motifs is 1. The van der Waals surface area contributed by atoms with Crippen LogP contribution in [-0.4, -0.2) is 59.8 Å². The van der Waals surface area contributed by atoms with E-state index in [-0.39, 0.29) is 5.54 Å². The summed E-state index contributed by atoms with van der Waals surface area (Å²) < 4.78 is 1.81. The summed E-state index contributed by atoms with van der Waals surface area (Å²) in [7, 11) is 0. The van der Waals surface area contributed by atoms with E-state index in [1.165, 1.54) is 0 Å². The smallest absolute Gasteiger partial charge is 0.245 e. The van der Waals surface area contributed by atoms with Crippen LogP contribution in [0.15, 0.2) is 43.0 Å². The van der Waals surface area contributed by atoms with Crippen LogP contribution in [0.5, 0.6) is 0 Å². The second-order valence-corrected chi connectivity index (χ2v) is 8.71. The molecule has 0 amide bonds. The van der Waals surface area contributed by atoms with Crippen molar-refractivity contribution in [3.63, 3.8) is 0 Å². The molecular formula is C21H25N9. The first-order chi connectivity index (χ1) is 14.5. The van der Waals surface area contributed by atoms with Crippen LogP contribution >= 0.6 is 0 Å². The molecule has 1 aliphatic rings. The number of hydrogen-bond acceptors (Lipinski definition) is 7. The number of rotatable bonds is 4.